The summed E-state index contributed by atoms with van der Waals surface area (Å²) in [6, 6.07) is 13.3. The Labute approximate surface area is 236 Å². The first kappa shape index (κ1) is 25.4. The first-order valence-electron chi connectivity index (χ1n) is 12.5. The van der Waals surface area contributed by atoms with E-state index in [0.29, 0.717) is 51.1 Å². The number of ether oxygens (including phenoxy) is 1. The standard InChI is InChI=1S/C29H25Cl2N7O/c1-17-14-38(15-17)16-24-29(39-2)37-23(13-35-24)20-7-3-5-18(25(20)30)19-6-4-8-21(26(19)31)36-28-27-22(9-10-34-28)32-11-12-33-27/h3-13,17H,14-16H2,1-2H3,(H,34,36). The molecule has 6 rings (SSSR count). The minimum atomic E-state index is 0.502. The van der Waals surface area contributed by atoms with E-state index >= 15 is 0 Å². The van der Waals surface area contributed by atoms with Gasteiger partial charge in [0.1, 0.15) is 11.2 Å². The van der Waals surface area contributed by atoms with E-state index in [1.54, 1.807) is 31.9 Å². The number of likely N-dealkylation sites (tertiary alicyclic amines) is 1. The van der Waals surface area contributed by atoms with Gasteiger partial charge in [-0.15, -0.1) is 0 Å². The molecule has 0 unspecified atom stereocenters. The molecule has 0 saturated carbocycles. The van der Waals surface area contributed by atoms with E-state index in [1.165, 1.54) is 0 Å². The van der Waals surface area contributed by atoms with Gasteiger partial charge in [-0.1, -0.05) is 60.5 Å². The quantitative estimate of drug-likeness (QED) is 0.237. The molecular formula is C29H25Cl2N7O. The van der Waals surface area contributed by atoms with Crippen LogP contribution < -0.4 is 10.1 Å². The van der Waals surface area contributed by atoms with Crippen molar-refractivity contribution in [3.63, 3.8) is 0 Å². The average molecular weight is 558 g/mol. The lowest BCUT2D eigenvalue weighted by molar-refractivity contribution is 0.102. The Morgan fingerprint density at radius 2 is 1.64 bits per heavy atom. The van der Waals surface area contributed by atoms with Gasteiger partial charge in [0.05, 0.1) is 40.2 Å². The summed E-state index contributed by atoms with van der Waals surface area (Å²) < 4.78 is 5.59. The van der Waals surface area contributed by atoms with Crippen LogP contribution in [0.15, 0.2) is 67.3 Å². The number of hydrogen-bond acceptors (Lipinski definition) is 8. The van der Waals surface area contributed by atoms with E-state index in [-0.39, 0.29) is 0 Å². The maximum atomic E-state index is 6.98. The van der Waals surface area contributed by atoms with Gasteiger partial charge in [-0.25, -0.2) is 15.0 Å². The Balaban J connectivity index is 1.33. The number of pyridine rings is 1. The van der Waals surface area contributed by atoms with E-state index in [4.69, 9.17) is 32.9 Å². The van der Waals surface area contributed by atoms with Gasteiger partial charge in [0.15, 0.2) is 5.82 Å². The van der Waals surface area contributed by atoms with Crippen LogP contribution >= 0.6 is 23.2 Å². The molecule has 0 bridgehead atoms. The van der Waals surface area contributed by atoms with Crippen molar-refractivity contribution in [3.8, 4) is 28.3 Å². The van der Waals surface area contributed by atoms with Crippen molar-refractivity contribution >= 4 is 45.7 Å². The van der Waals surface area contributed by atoms with Crippen LogP contribution in [0.4, 0.5) is 11.5 Å². The average Bonchev–Trinajstić information content (AvgIpc) is 2.94. The van der Waals surface area contributed by atoms with Crippen molar-refractivity contribution in [2.75, 3.05) is 25.5 Å². The summed E-state index contributed by atoms with van der Waals surface area (Å²) in [4.78, 5) is 25.0. The van der Waals surface area contributed by atoms with Gasteiger partial charge in [-0.05, 0) is 18.1 Å². The number of rotatable bonds is 7. The van der Waals surface area contributed by atoms with E-state index in [2.05, 4.69) is 37.1 Å². The fourth-order valence-corrected chi connectivity index (χ4v) is 5.46. The highest BCUT2D eigenvalue weighted by Gasteiger charge is 2.25. The number of fused-ring (bicyclic) bond motifs is 1. The molecule has 10 heteroatoms. The summed E-state index contributed by atoms with van der Waals surface area (Å²) in [7, 11) is 1.61. The first-order valence-corrected chi connectivity index (χ1v) is 13.3. The molecule has 3 aromatic heterocycles. The third-order valence-corrected chi connectivity index (χ3v) is 7.54. The Bertz CT molecular complexity index is 1670. The summed E-state index contributed by atoms with van der Waals surface area (Å²) in [5, 5.41) is 4.33. The zero-order valence-corrected chi connectivity index (χ0v) is 22.9. The molecule has 0 spiro atoms. The molecule has 0 amide bonds. The molecule has 1 aliphatic rings. The highest BCUT2D eigenvalue weighted by atomic mass is 35.5. The molecule has 0 radical (unpaired) electrons. The van der Waals surface area contributed by atoms with Crippen LogP contribution in [0.1, 0.15) is 12.6 Å². The fourth-order valence-electron chi connectivity index (χ4n) is 4.86. The van der Waals surface area contributed by atoms with E-state index in [0.717, 1.165) is 41.0 Å². The maximum Gasteiger partial charge on any atom is 0.237 e. The van der Waals surface area contributed by atoms with Crippen LogP contribution in [-0.4, -0.2) is 50.0 Å². The van der Waals surface area contributed by atoms with Crippen LogP contribution in [0.2, 0.25) is 10.0 Å². The van der Waals surface area contributed by atoms with Crippen LogP contribution in [0, 0.1) is 5.92 Å². The second-order valence-corrected chi connectivity index (χ2v) is 10.3. The number of anilines is 2. The Morgan fingerprint density at radius 3 is 2.44 bits per heavy atom. The van der Waals surface area contributed by atoms with Crippen LogP contribution in [-0.2, 0) is 6.54 Å². The van der Waals surface area contributed by atoms with Gasteiger partial charge in [0.25, 0.3) is 0 Å². The molecule has 1 aliphatic heterocycles. The summed E-state index contributed by atoms with van der Waals surface area (Å²) in [6.45, 7) is 5.06. The predicted molar refractivity (Wildman–Crippen MR) is 155 cm³/mol. The molecule has 8 nitrogen and oxygen atoms in total. The van der Waals surface area contributed by atoms with E-state index < -0.39 is 0 Å². The lowest BCUT2D eigenvalue weighted by Gasteiger charge is -2.36. The van der Waals surface area contributed by atoms with Crippen LogP contribution in [0.5, 0.6) is 5.88 Å². The van der Waals surface area contributed by atoms with E-state index in [1.807, 2.05) is 42.5 Å². The molecule has 196 valence electrons. The molecule has 1 N–H and O–H groups in total. The SMILES string of the molecule is COc1nc(-c2cccc(-c3cccc(Nc4nccc5nccnc45)c3Cl)c2Cl)cnc1CN1CC(C)C1. The van der Waals surface area contributed by atoms with Gasteiger partial charge in [0, 0.05) is 54.9 Å². The summed E-state index contributed by atoms with van der Waals surface area (Å²) >= 11 is 13.9. The molecule has 1 fully saturated rings. The second kappa shape index (κ2) is 10.7. The molecule has 0 aliphatic carbocycles. The predicted octanol–water partition coefficient (Wildman–Crippen LogP) is 6.66. The highest BCUT2D eigenvalue weighted by molar-refractivity contribution is 6.39. The van der Waals surface area contributed by atoms with E-state index in [9.17, 15) is 0 Å². The number of benzene rings is 2. The minimum absolute atomic E-state index is 0.502. The maximum absolute atomic E-state index is 6.98. The van der Waals surface area contributed by atoms with Crippen molar-refractivity contribution < 1.29 is 4.74 Å². The van der Waals surface area contributed by atoms with Crippen molar-refractivity contribution in [1.29, 1.82) is 0 Å². The van der Waals surface area contributed by atoms with Crippen molar-refractivity contribution in [2.24, 2.45) is 5.92 Å². The minimum Gasteiger partial charge on any atom is -0.480 e. The topological polar surface area (TPSA) is 88.9 Å². The zero-order chi connectivity index (χ0) is 26.9. The van der Waals surface area contributed by atoms with Gasteiger partial charge in [-0.2, -0.15) is 0 Å². The second-order valence-electron chi connectivity index (χ2n) is 9.55. The molecule has 2 aromatic carbocycles. The first-order chi connectivity index (χ1) is 19.0. The number of aromatic nitrogens is 5. The molecule has 0 atom stereocenters. The normalized spacial score (nSPS) is 13.8. The molecule has 5 aromatic rings. The van der Waals surface area contributed by atoms with Gasteiger partial charge < -0.3 is 10.1 Å². The third kappa shape index (κ3) is 4.98. The Morgan fingerprint density at radius 1 is 0.897 bits per heavy atom. The lowest BCUT2D eigenvalue weighted by atomic mass is 10.0. The largest absolute Gasteiger partial charge is 0.480 e. The third-order valence-electron chi connectivity index (χ3n) is 6.72. The lowest BCUT2D eigenvalue weighted by Crippen LogP contribution is -2.44. The molecule has 4 heterocycles. The summed E-state index contributed by atoms with van der Waals surface area (Å²) in [6.07, 6.45) is 6.71. The van der Waals surface area contributed by atoms with Crippen molar-refractivity contribution in [2.45, 2.75) is 13.5 Å². The monoisotopic (exact) mass is 557 g/mol. The zero-order valence-electron chi connectivity index (χ0n) is 21.4. The number of nitrogens with one attached hydrogen (secondary N) is 1. The van der Waals surface area contributed by atoms with Gasteiger partial charge in [0.2, 0.25) is 5.88 Å². The van der Waals surface area contributed by atoms with Gasteiger partial charge in [-0.3, -0.25) is 14.9 Å². The van der Waals surface area contributed by atoms with Crippen LogP contribution in [0.25, 0.3) is 33.4 Å². The summed E-state index contributed by atoms with van der Waals surface area (Å²) in [5.41, 5.74) is 5.78. The number of nitrogens with zero attached hydrogens (tertiary/aromatic N) is 6. The fraction of sp³-hybridized carbons (Fsp3) is 0.207. The van der Waals surface area contributed by atoms with Crippen molar-refractivity contribution in [1.82, 2.24) is 29.8 Å². The highest BCUT2D eigenvalue weighted by Crippen LogP contribution is 2.42. The van der Waals surface area contributed by atoms with Crippen LogP contribution in [0.3, 0.4) is 0 Å². The van der Waals surface area contributed by atoms with Gasteiger partial charge >= 0.3 is 0 Å². The number of halogens is 2. The summed E-state index contributed by atoms with van der Waals surface area (Å²) in [5.74, 6) is 1.78. The molecular weight excluding hydrogens is 533 g/mol. The smallest absolute Gasteiger partial charge is 0.237 e. The number of hydrogen-bond donors (Lipinski definition) is 1. The molecule has 39 heavy (non-hydrogen) atoms. The molecule has 1 saturated heterocycles. The Hall–Kier alpha value is -3.85. The van der Waals surface area contributed by atoms with Crippen molar-refractivity contribution in [3.05, 3.63) is 83.0 Å². The Kier molecular flexibility index (Phi) is 6.99. The number of methoxy groups -OCH3 is 1.